The van der Waals surface area contributed by atoms with Gasteiger partial charge in [-0.3, -0.25) is 0 Å². The molecule has 1 aliphatic rings. The Bertz CT molecular complexity index is 574. The molecule has 0 unspecified atom stereocenters. The quantitative estimate of drug-likeness (QED) is 0.801. The van der Waals surface area contributed by atoms with E-state index in [-0.39, 0.29) is 6.04 Å². The molecule has 1 heterocycles. The molecular formula is C15H27N3O2S. The molecule has 0 amide bonds. The normalized spacial score (nSPS) is 16.1. The van der Waals surface area contributed by atoms with Crippen molar-refractivity contribution in [1.29, 1.82) is 0 Å². The van der Waals surface area contributed by atoms with Crippen LogP contribution in [-0.2, 0) is 16.6 Å². The first-order valence-corrected chi connectivity index (χ1v) is 9.25. The Morgan fingerprint density at radius 3 is 2.52 bits per heavy atom. The Kier molecular flexibility index (Phi) is 5.11. The molecule has 0 atom stereocenters. The first kappa shape index (κ1) is 16.5. The van der Waals surface area contributed by atoms with Crippen molar-refractivity contribution in [3.63, 3.8) is 0 Å². The molecule has 1 fully saturated rings. The van der Waals surface area contributed by atoms with E-state index in [1.165, 1.54) is 0 Å². The standard InChI is InChI=1S/C15H27N3O2S/c1-4-7-17(10-13-5-6-13)21(19,20)15-8-14(9-16)18(11-15)12(2)3/h8,11-13H,4-7,9-10,16H2,1-3H3. The first-order chi connectivity index (χ1) is 9.90. The molecule has 0 bridgehead atoms. The number of rotatable bonds is 8. The van der Waals surface area contributed by atoms with Crippen LogP contribution in [0.5, 0.6) is 0 Å². The SMILES string of the molecule is CCCN(CC1CC1)S(=O)(=O)c1cc(CN)n(C(C)C)c1. The number of aromatic nitrogens is 1. The molecule has 0 spiro atoms. The van der Waals surface area contributed by atoms with Crippen LogP contribution < -0.4 is 5.73 Å². The third-order valence-corrected chi connectivity index (χ3v) is 5.77. The minimum absolute atomic E-state index is 0.204. The summed E-state index contributed by atoms with van der Waals surface area (Å²) >= 11 is 0. The largest absolute Gasteiger partial charge is 0.346 e. The molecule has 0 saturated heterocycles. The van der Waals surface area contributed by atoms with Gasteiger partial charge in [0.15, 0.2) is 0 Å². The van der Waals surface area contributed by atoms with Crippen molar-refractivity contribution in [2.45, 2.75) is 57.5 Å². The topological polar surface area (TPSA) is 68.3 Å². The van der Waals surface area contributed by atoms with Gasteiger partial charge in [0.1, 0.15) is 4.90 Å². The van der Waals surface area contributed by atoms with E-state index in [0.717, 1.165) is 25.0 Å². The van der Waals surface area contributed by atoms with Crippen molar-refractivity contribution in [2.24, 2.45) is 11.7 Å². The lowest BCUT2D eigenvalue weighted by molar-refractivity contribution is 0.395. The lowest BCUT2D eigenvalue weighted by Crippen LogP contribution is -2.33. The van der Waals surface area contributed by atoms with Crippen LogP contribution in [0.1, 0.15) is 51.8 Å². The fourth-order valence-corrected chi connectivity index (χ4v) is 4.24. The summed E-state index contributed by atoms with van der Waals surface area (Å²) in [6.45, 7) is 7.67. The summed E-state index contributed by atoms with van der Waals surface area (Å²) in [5.74, 6) is 0.549. The third-order valence-electron chi connectivity index (χ3n) is 3.94. The first-order valence-electron chi connectivity index (χ1n) is 7.81. The average molecular weight is 313 g/mol. The van der Waals surface area contributed by atoms with Gasteiger partial charge in [-0.2, -0.15) is 4.31 Å². The van der Waals surface area contributed by atoms with E-state index < -0.39 is 10.0 Å². The van der Waals surface area contributed by atoms with Gasteiger partial charge in [-0.15, -0.1) is 0 Å². The summed E-state index contributed by atoms with van der Waals surface area (Å²) in [4.78, 5) is 0.380. The number of nitrogens with two attached hydrogens (primary N) is 1. The van der Waals surface area contributed by atoms with Gasteiger partial charge < -0.3 is 10.3 Å². The number of hydrogen-bond donors (Lipinski definition) is 1. The number of hydrogen-bond acceptors (Lipinski definition) is 3. The van der Waals surface area contributed by atoms with Crippen LogP contribution in [0.15, 0.2) is 17.2 Å². The molecule has 1 aliphatic carbocycles. The van der Waals surface area contributed by atoms with Gasteiger partial charge in [0.2, 0.25) is 10.0 Å². The van der Waals surface area contributed by atoms with E-state index in [0.29, 0.717) is 30.4 Å². The van der Waals surface area contributed by atoms with E-state index in [1.54, 1.807) is 16.6 Å². The van der Waals surface area contributed by atoms with Crippen molar-refractivity contribution >= 4 is 10.0 Å². The van der Waals surface area contributed by atoms with Gasteiger partial charge in [0.05, 0.1) is 0 Å². The van der Waals surface area contributed by atoms with Gasteiger partial charge in [0, 0.05) is 37.6 Å². The van der Waals surface area contributed by atoms with Crippen molar-refractivity contribution < 1.29 is 8.42 Å². The van der Waals surface area contributed by atoms with E-state index in [9.17, 15) is 8.42 Å². The molecule has 1 aromatic heterocycles. The van der Waals surface area contributed by atoms with Gasteiger partial charge in [0.25, 0.3) is 0 Å². The van der Waals surface area contributed by atoms with Gasteiger partial charge >= 0.3 is 0 Å². The molecule has 2 rings (SSSR count). The summed E-state index contributed by atoms with van der Waals surface area (Å²) in [7, 11) is -3.41. The maximum Gasteiger partial charge on any atom is 0.244 e. The van der Waals surface area contributed by atoms with E-state index in [1.807, 2.05) is 25.3 Å². The number of sulfonamides is 1. The zero-order chi connectivity index (χ0) is 15.6. The molecule has 5 nitrogen and oxygen atoms in total. The van der Waals surface area contributed by atoms with Crippen molar-refractivity contribution in [3.05, 3.63) is 18.0 Å². The Morgan fingerprint density at radius 1 is 1.43 bits per heavy atom. The fourth-order valence-electron chi connectivity index (χ4n) is 2.58. The summed E-state index contributed by atoms with van der Waals surface area (Å²) in [5, 5.41) is 0. The smallest absolute Gasteiger partial charge is 0.244 e. The van der Waals surface area contributed by atoms with E-state index >= 15 is 0 Å². The second-order valence-electron chi connectivity index (χ2n) is 6.18. The predicted octanol–water partition coefficient (Wildman–Crippen LogP) is 2.34. The molecule has 120 valence electrons. The van der Waals surface area contributed by atoms with Crippen molar-refractivity contribution in [2.75, 3.05) is 13.1 Å². The molecule has 2 N–H and O–H groups in total. The molecule has 1 aromatic rings. The molecule has 6 heteroatoms. The monoisotopic (exact) mass is 313 g/mol. The van der Waals surface area contributed by atoms with Crippen LogP contribution >= 0.6 is 0 Å². The maximum atomic E-state index is 12.9. The minimum Gasteiger partial charge on any atom is -0.346 e. The maximum absolute atomic E-state index is 12.9. The highest BCUT2D eigenvalue weighted by Gasteiger charge is 2.32. The summed E-state index contributed by atoms with van der Waals surface area (Å²) in [6, 6.07) is 1.93. The molecular weight excluding hydrogens is 286 g/mol. The Labute approximate surface area is 128 Å². The van der Waals surface area contributed by atoms with Crippen molar-refractivity contribution in [1.82, 2.24) is 8.87 Å². The summed E-state index contributed by atoms with van der Waals surface area (Å²) in [6.07, 6.45) is 4.87. The molecule has 21 heavy (non-hydrogen) atoms. The molecule has 0 aliphatic heterocycles. The lowest BCUT2D eigenvalue weighted by Gasteiger charge is -2.20. The van der Waals surface area contributed by atoms with Crippen LogP contribution in [0.3, 0.4) is 0 Å². The zero-order valence-electron chi connectivity index (χ0n) is 13.2. The second-order valence-corrected chi connectivity index (χ2v) is 8.12. The van der Waals surface area contributed by atoms with Gasteiger partial charge in [-0.05, 0) is 45.1 Å². The Hall–Kier alpha value is -0.850. The van der Waals surface area contributed by atoms with Crippen molar-refractivity contribution in [3.8, 4) is 0 Å². The highest BCUT2D eigenvalue weighted by Crippen LogP contribution is 2.32. The highest BCUT2D eigenvalue weighted by atomic mass is 32.2. The third kappa shape index (κ3) is 3.67. The highest BCUT2D eigenvalue weighted by molar-refractivity contribution is 7.89. The second kappa shape index (κ2) is 6.50. The van der Waals surface area contributed by atoms with E-state index in [2.05, 4.69) is 0 Å². The Morgan fingerprint density at radius 2 is 2.10 bits per heavy atom. The lowest BCUT2D eigenvalue weighted by atomic mass is 10.3. The minimum atomic E-state index is -3.41. The van der Waals surface area contributed by atoms with Crippen LogP contribution in [0, 0.1) is 5.92 Å². The van der Waals surface area contributed by atoms with Crippen LogP contribution in [0.2, 0.25) is 0 Å². The summed E-state index contributed by atoms with van der Waals surface area (Å²) < 4.78 is 29.3. The average Bonchev–Trinajstić information content (AvgIpc) is 3.12. The predicted molar refractivity (Wildman–Crippen MR) is 84.5 cm³/mol. The van der Waals surface area contributed by atoms with Gasteiger partial charge in [-0.1, -0.05) is 6.92 Å². The number of nitrogens with zero attached hydrogens (tertiary/aromatic N) is 2. The Balaban J connectivity index is 2.31. The fraction of sp³-hybridized carbons (Fsp3) is 0.733. The van der Waals surface area contributed by atoms with E-state index in [4.69, 9.17) is 5.73 Å². The molecule has 0 aromatic carbocycles. The molecule has 0 radical (unpaired) electrons. The zero-order valence-corrected chi connectivity index (χ0v) is 14.1. The van der Waals surface area contributed by atoms with Gasteiger partial charge in [-0.25, -0.2) is 8.42 Å². The van der Waals surface area contributed by atoms with Crippen LogP contribution in [-0.4, -0.2) is 30.4 Å². The van der Waals surface area contributed by atoms with Crippen LogP contribution in [0.25, 0.3) is 0 Å². The molecule has 1 saturated carbocycles. The summed E-state index contributed by atoms with van der Waals surface area (Å²) in [5.41, 5.74) is 6.61. The van der Waals surface area contributed by atoms with Crippen LogP contribution in [0.4, 0.5) is 0 Å².